The van der Waals surface area contributed by atoms with E-state index in [1.165, 1.54) is 0 Å². The van der Waals surface area contributed by atoms with Crippen LogP contribution in [0.3, 0.4) is 0 Å². The molecule has 67 valence electrons. The molecule has 0 bridgehead atoms. The van der Waals surface area contributed by atoms with Gasteiger partial charge in [-0.05, 0) is 5.57 Å². The third kappa shape index (κ3) is 4.54. The van der Waals surface area contributed by atoms with E-state index in [1.807, 2.05) is 31.6 Å². The molecule has 1 nitrogen and oxygen atoms in total. The van der Waals surface area contributed by atoms with Crippen LogP contribution in [0.5, 0.6) is 0 Å². The van der Waals surface area contributed by atoms with Crippen LogP contribution in [0.2, 0.25) is 0 Å². The maximum atomic E-state index is 11.1. The van der Waals surface area contributed by atoms with E-state index in [2.05, 4.69) is 6.58 Å². The molecule has 0 N–H and O–H groups in total. The van der Waals surface area contributed by atoms with Crippen molar-refractivity contribution in [3.8, 4) is 0 Å². The molecule has 0 aromatic rings. The monoisotopic (exact) mass is 246 g/mol. The summed E-state index contributed by atoms with van der Waals surface area (Å²) in [6.45, 7) is 5.60. The first-order valence-corrected chi connectivity index (χ1v) is 3.69. The summed E-state index contributed by atoms with van der Waals surface area (Å²) in [6, 6.07) is 0. The average molecular weight is 248 g/mol. The minimum absolute atomic E-state index is 0. The minimum atomic E-state index is 0. The van der Waals surface area contributed by atoms with Crippen molar-refractivity contribution in [1.82, 2.24) is 0 Å². The van der Waals surface area contributed by atoms with E-state index in [0.717, 1.165) is 11.1 Å². The SMILES string of the molecule is C=C1[CH]C(C(=O)CC)=CC=C1.[Cl-].[Zn]. The molecule has 0 aliphatic heterocycles. The first-order chi connectivity index (χ1) is 5.24. The van der Waals surface area contributed by atoms with E-state index in [0.29, 0.717) is 6.42 Å². The molecular weight excluding hydrogens is 237 g/mol. The molecule has 0 aromatic heterocycles. The number of carbonyl (C=O) groups excluding carboxylic acids is 1. The van der Waals surface area contributed by atoms with Gasteiger partial charge in [0.2, 0.25) is 0 Å². The molecule has 13 heavy (non-hydrogen) atoms. The van der Waals surface area contributed by atoms with E-state index < -0.39 is 0 Å². The van der Waals surface area contributed by atoms with Crippen molar-refractivity contribution < 1.29 is 36.7 Å². The number of halogens is 1. The Labute approximate surface area is 98.1 Å². The zero-order chi connectivity index (χ0) is 8.27. The Morgan fingerprint density at radius 1 is 1.54 bits per heavy atom. The number of ketones is 1. The normalized spacial score (nSPS) is 13.9. The molecule has 0 fully saturated rings. The maximum absolute atomic E-state index is 11.1. The molecule has 1 aliphatic rings. The van der Waals surface area contributed by atoms with Crippen molar-refractivity contribution in [3.05, 3.63) is 42.4 Å². The van der Waals surface area contributed by atoms with Crippen LogP contribution in [-0.2, 0) is 24.3 Å². The van der Waals surface area contributed by atoms with Crippen LogP contribution >= 0.6 is 0 Å². The Bertz CT molecular complexity index is 254. The quantitative estimate of drug-likeness (QED) is 0.586. The fourth-order valence-electron chi connectivity index (χ4n) is 0.949. The van der Waals surface area contributed by atoms with E-state index in [9.17, 15) is 4.79 Å². The van der Waals surface area contributed by atoms with Crippen LogP contribution < -0.4 is 12.4 Å². The molecule has 0 aromatic carbocycles. The van der Waals surface area contributed by atoms with Crippen LogP contribution in [0, 0.1) is 6.42 Å². The number of allylic oxidation sites excluding steroid dienone is 5. The predicted molar refractivity (Wildman–Crippen MR) is 46.0 cm³/mol. The molecule has 0 unspecified atom stereocenters. The van der Waals surface area contributed by atoms with Crippen molar-refractivity contribution in [1.29, 1.82) is 0 Å². The summed E-state index contributed by atoms with van der Waals surface area (Å²) in [7, 11) is 0. The second-order valence-electron chi connectivity index (χ2n) is 2.48. The second kappa shape index (κ2) is 7.23. The minimum Gasteiger partial charge on any atom is -1.00 e. The Balaban J connectivity index is 0. The summed E-state index contributed by atoms with van der Waals surface area (Å²) in [6.07, 6.45) is 7.92. The number of rotatable bonds is 2. The molecule has 0 amide bonds. The smallest absolute Gasteiger partial charge is 0.159 e. The third-order valence-electron chi connectivity index (χ3n) is 1.57. The van der Waals surface area contributed by atoms with E-state index in [1.54, 1.807) is 0 Å². The Morgan fingerprint density at radius 2 is 2.15 bits per heavy atom. The van der Waals surface area contributed by atoms with Crippen LogP contribution in [0.1, 0.15) is 13.3 Å². The van der Waals surface area contributed by atoms with Crippen LogP contribution in [-0.4, -0.2) is 5.78 Å². The van der Waals surface area contributed by atoms with E-state index >= 15 is 0 Å². The molecule has 3 heteroatoms. The fourth-order valence-corrected chi connectivity index (χ4v) is 0.949. The number of hydrogen-bond donors (Lipinski definition) is 0. The van der Waals surface area contributed by atoms with Crippen molar-refractivity contribution in [3.63, 3.8) is 0 Å². The molecule has 0 atom stereocenters. The van der Waals surface area contributed by atoms with Gasteiger partial charge in [-0.2, -0.15) is 0 Å². The zero-order valence-electron chi connectivity index (χ0n) is 7.72. The van der Waals surface area contributed by atoms with E-state index in [4.69, 9.17) is 0 Å². The van der Waals surface area contributed by atoms with Crippen molar-refractivity contribution >= 4 is 5.78 Å². The van der Waals surface area contributed by atoms with Gasteiger partial charge in [0.05, 0.1) is 0 Å². The van der Waals surface area contributed by atoms with Gasteiger partial charge in [0.25, 0.3) is 0 Å². The summed E-state index contributed by atoms with van der Waals surface area (Å²) < 4.78 is 0. The fraction of sp³-hybridized carbons (Fsp3) is 0.200. The number of Topliss-reactive ketones (excluding diaryl/α,β-unsaturated/α-hetero) is 1. The molecule has 1 aliphatic carbocycles. The summed E-state index contributed by atoms with van der Waals surface area (Å²) in [5, 5.41) is 0. The standard InChI is InChI=1S/C10H11O.ClH.Zn/c1-3-10(11)9-6-4-5-8(2)7-9;;/h4-7H,2-3H2,1H3;1H;/p-1. The third-order valence-corrected chi connectivity index (χ3v) is 1.57. The largest absolute Gasteiger partial charge is 1.00 e. The van der Waals surface area contributed by atoms with Gasteiger partial charge in [-0.25, -0.2) is 0 Å². The van der Waals surface area contributed by atoms with Gasteiger partial charge in [-0.15, -0.1) is 0 Å². The molecule has 0 saturated carbocycles. The van der Waals surface area contributed by atoms with Crippen LogP contribution in [0.4, 0.5) is 0 Å². The van der Waals surface area contributed by atoms with Gasteiger partial charge in [-0.3, -0.25) is 4.79 Å². The molecule has 0 saturated heterocycles. The first-order valence-electron chi connectivity index (χ1n) is 3.69. The summed E-state index contributed by atoms with van der Waals surface area (Å²) >= 11 is 0. The Hall–Kier alpha value is -0.197. The predicted octanol–water partition coefficient (Wildman–Crippen LogP) is -0.776. The van der Waals surface area contributed by atoms with Gasteiger partial charge < -0.3 is 12.4 Å². The molecule has 1 rings (SSSR count). The number of hydrogen-bond acceptors (Lipinski definition) is 1. The molecule has 1 radical (unpaired) electrons. The Kier molecular flexibility index (Phi) is 8.50. The topological polar surface area (TPSA) is 17.1 Å². The van der Waals surface area contributed by atoms with E-state index in [-0.39, 0.29) is 37.7 Å². The Morgan fingerprint density at radius 3 is 2.62 bits per heavy atom. The number of carbonyl (C=O) groups is 1. The molecule has 0 spiro atoms. The van der Waals surface area contributed by atoms with Crippen LogP contribution in [0.25, 0.3) is 0 Å². The summed E-state index contributed by atoms with van der Waals surface area (Å²) in [4.78, 5) is 11.1. The van der Waals surface area contributed by atoms with Crippen LogP contribution in [0.15, 0.2) is 36.0 Å². The van der Waals surface area contributed by atoms with Crippen molar-refractivity contribution in [2.24, 2.45) is 0 Å². The average Bonchev–Trinajstić information content (AvgIpc) is 2.03. The zero-order valence-corrected chi connectivity index (χ0v) is 11.4. The van der Waals surface area contributed by atoms with Gasteiger partial charge in [0.15, 0.2) is 5.78 Å². The van der Waals surface area contributed by atoms with Gasteiger partial charge in [-0.1, -0.05) is 31.7 Å². The van der Waals surface area contributed by atoms with Crippen molar-refractivity contribution in [2.75, 3.05) is 0 Å². The first kappa shape index (κ1) is 15.3. The van der Waals surface area contributed by atoms with Gasteiger partial charge in [0, 0.05) is 37.9 Å². The van der Waals surface area contributed by atoms with Crippen molar-refractivity contribution in [2.45, 2.75) is 13.3 Å². The van der Waals surface area contributed by atoms with Gasteiger partial charge >= 0.3 is 0 Å². The molecule has 0 heterocycles. The maximum Gasteiger partial charge on any atom is 0.159 e. The van der Waals surface area contributed by atoms with Gasteiger partial charge in [0.1, 0.15) is 0 Å². The molecular formula is C10H11ClOZn-. The second-order valence-corrected chi connectivity index (χ2v) is 2.48. The summed E-state index contributed by atoms with van der Waals surface area (Å²) in [5.41, 5.74) is 1.66. The summed E-state index contributed by atoms with van der Waals surface area (Å²) in [5.74, 6) is 0.176.